The zero-order chi connectivity index (χ0) is 22.1. The molecule has 1 amide bonds. The Bertz CT molecular complexity index is 1280. The fourth-order valence-corrected chi connectivity index (χ4v) is 3.66. The van der Waals surface area contributed by atoms with Gasteiger partial charge in [0.05, 0.1) is 5.69 Å². The molecular formula is C25H23BrN4O. The number of aryl methyl sites for hydroxylation is 2. The normalized spacial score (nSPS) is 10.9. The Morgan fingerprint density at radius 1 is 0.871 bits per heavy atom. The second kappa shape index (κ2) is 8.47. The molecule has 156 valence electrons. The van der Waals surface area contributed by atoms with Crippen LogP contribution in [0, 0.1) is 27.7 Å². The van der Waals surface area contributed by atoms with E-state index in [0.29, 0.717) is 5.82 Å². The van der Waals surface area contributed by atoms with Crippen LogP contribution < -0.4 is 5.32 Å². The van der Waals surface area contributed by atoms with Crippen molar-refractivity contribution in [3.63, 3.8) is 0 Å². The van der Waals surface area contributed by atoms with Crippen molar-refractivity contribution in [3.8, 4) is 17.1 Å². The number of hydrogen-bond acceptors (Lipinski definition) is 3. The Morgan fingerprint density at radius 2 is 1.52 bits per heavy atom. The molecule has 31 heavy (non-hydrogen) atoms. The number of aromatic nitrogens is 3. The maximum Gasteiger partial charge on any atom is 0.295 e. The van der Waals surface area contributed by atoms with Gasteiger partial charge in [-0.05, 0) is 74.2 Å². The summed E-state index contributed by atoms with van der Waals surface area (Å²) >= 11 is 3.47. The zero-order valence-electron chi connectivity index (χ0n) is 17.9. The minimum atomic E-state index is -0.337. The van der Waals surface area contributed by atoms with Gasteiger partial charge in [-0.15, -0.1) is 5.10 Å². The molecule has 4 aromatic rings. The van der Waals surface area contributed by atoms with Crippen LogP contribution in [0.1, 0.15) is 32.9 Å². The molecule has 6 heteroatoms. The fraction of sp³-hybridized carbons (Fsp3) is 0.160. The summed E-state index contributed by atoms with van der Waals surface area (Å²) in [4.78, 5) is 17.7. The van der Waals surface area contributed by atoms with E-state index in [2.05, 4.69) is 44.3 Å². The molecule has 0 unspecified atom stereocenters. The van der Waals surface area contributed by atoms with Gasteiger partial charge in [0.2, 0.25) is 5.82 Å². The highest BCUT2D eigenvalue weighted by Crippen LogP contribution is 2.26. The number of nitrogens with one attached hydrogen (secondary N) is 1. The topological polar surface area (TPSA) is 59.8 Å². The van der Waals surface area contributed by atoms with E-state index >= 15 is 0 Å². The van der Waals surface area contributed by atoms with Crippen molar-refractivity contribution in [2.75, 3.05) is 5.32 Å². The van der Waals surface area contributed by atoms with E-state index in [4.69, 9.17) is 0 Å². The minimum absolute atomic E-state index is 0.125. The van der Waals surface area contributed by atoms with Crippen molar-refractivity contribution < 1.29 is 4.79 Å². The Balaban J connectivity index is 1.81. The third-order valence-corrected chi connectivity index (χ3v) is 6.10. The van der Waals surface area contributed by atoms with Gasteiger partial charge in [0.1, 0.15) is 0 Å². The second-order valence-electron chi connectivity index (χ2n) is 7.60. The lowest BCUT2D eigenvalue weighted by Gasteiger charge is -2.11. The molecule has 4 rings (SSSR count). The average Bonchev–Trinajstić information content (AvgIpc) is 3.19. The summed E-state index contributed by atoms with van der Waals surface area (Å²) in [7, 11) is 0. The number of carbonyl (C=O) groups excluding carboxylic acids is 1. The Morgan fingerprint density at radius 3 is 2.23 bits per heavy atom. The molecule has 0 atom stereocenters. The van der Waals surface area contributed by atoms with Gasteiger partial charge in [-0.1, -0.05) is 52.3 Å². The maximum absolute atomic E-state index is 13.1. The number of benzene rings is 3. The van der Waals surface area contributed by atoms with E-state index < -0.39 is 0 Å². The van der Waals surface area contributed by atoms with Crippen LogP contribution in [0.5, 0.6) is 0 Å². The monoisotopic (exact) mass is 474 g/mol. The third-order valence-electron chi connectivity index (χ3n) is 5.57. The molecule has 1 aromatic heterocycles. The van der Waals surface area contributed by atoms with Crippen LogP contribution in [0.15, 0.2) is 65.1 Å². The Hall–Kier alpha value is -3.25. The molecule has 1 N–H and O–H groups in total. The molecule has 0 aliphatic heterocycles. The molecule has 0 aliphatic rings. The van der Waals surface area contributed by atoms with E-state index in [1.807, 2.05) is 75.4 Å². The third kappa shape index (κ3) is 4.16. The highest BCUT2D eigenvalue weighted by atomic mass is 79.9. The summed E-state index contributed by atoms with van der Waals surface area (Å²) in [5, 5.41) is 7.57. The molecule has 0 bridgehead atoms. The number of anilines is 1. The van der Waals surface area contributed by atoms with Gasteiger partial charge in [0.15, 0.2) is 5.82 Å². The number of nitrogens with zero attached hydrogens (tertiary/aromatic N) is 3. The van der Waals surface area contributed by atoms with Gasteiger partial charge in [-0.2, -0.15) is 0 Å². The van der Waals surface area contributed by atoms with Gasteiger partial charge in [-0.3, -0.25) is 4.79 Å². The highest BCUT2D eigenvalue weighted by Gasteiger charge is 2.20. The van der Waals surface area contributed by atoms with Gasteiger partial charge in [0.25, 0.3) is 5.91 Å². The first-order valence-corrected chi connectivity index (χ1v) is 10.8. The Kier molecular flexibility index (Phi) is 5.74. The molecule has 5 nitrogen and oxygen atoms in total. The zero-order valence-corrected chi connectivity index (χ0v) is 19.5. The van der Waals surface area contributed by atoms with Crippen LogP contribution in [0.4, 0.5) is 5.69 Å². The SMILES string of the molecule is Cc1cccc(NC(=O)c2nc(-c3ccc(Br)cc3)n(-c3cccc(C)c3C)n2)c1C. The van der Waals surface area contributed by atoms with Gasteiger partial charge in [0, 0.05) is 15.7 Å². The summed E-state index contributed by atoms with van der Waals surface area (Å²) in [6.07, 6.45) is 0. The minimum Gasteiger partial charge on any atom is -0.319 e. The van der Waals surface area contributed by atoms with Crippen molar-refractivity contribution in [1.29, 1.82) is 0 Å². The molecule has 0 aliphatic carbocycles. The number of hydrogen-bond donors (Lipinski definition) is 1. The van der Waals surface area contributed by atoms with Gasteiger partial charge in [-0.25, -0.2) is 9.67 Å². The number of carbonyl (C=O) groups is 1. The molecule has 0 spiro atoms. The number of amides is 1. The first-order chi connectivity index (χ1) is 14.8. The molecule has 3 aromatic carbocycles. The lowest BCUT2D eigenvalue weighted by atomic mass is 10.1. The summed E-state index contributed by atoms with van der Waals surface area (Å²) in [6, 6.07) is 19.7. The van der Waals surface area contributed by atoms with Crippen LogP contribution in [0.25, 0.3) is 17.1 Å². The van der Waals surface area contributed by atoms with Crippen molar-refractivity contribution >= 4 is 27.5 Å². The van der Waals surface area contributed by atoms with Gasteiger partial charge >= 0.3 is 0 Å². The second-order valence-corrected chi connectivity index (χ2v) is 8.51. The quantitative estimate of drug-likeness (QED) is 0.383. The number of rotatable bonds is 4. The van der Waals surface area contributed by atoms with Crippen molar-refractivity contribution in [3.05, 3.63) is 93.2 Å². The molecule has 0 saturated heterocycles. The standard InChI is InChI=1S/C25H23BrN4O/c1-15-7-5-9-21(17(15)3)27-25(31)23-28-24(19-11-13-20(26)14-12-19)30(29-23)22-10-6-8-16(2)18(22)4/h5-14H,1-4H3,(H,27,31). The van der Waals surface area contributed by atoms with E-state index in [1.54, 1.807) is 4.68 Å². The smallest absolute Gasteiger partial charge is 0.295 e. The lowest BCUT2D eigenvalue weighted by Crippen LogP contribution is -2.15. The summed E-state index contributed by atoms with van der Waals surface area (Å²) in [6.45, 7) is 8.11. The first-order valence-electron chi connectivity index (χ1n) is 10.0. The van der Waals surface area contributed by atoms with E-state index in [-0.39, 0.29) is 11.7 Å². The van der Waals surface area contributed by atoms with Crippen LogP contribution in [-0.2, 0) is 0 Å². The van der Waals surface area contributed by atoms with Crippen LogP contribution >= 0.6 is 15.9 Å². The summed E-state index contributed by atoms with van der Waals surface area (Å²) in [5.41, 5.74) is 6.92. The van der Waals surface area contributed by atoms with E-state index in [0.717, 1.165) is 43.7 Å². The maximum atomic E-state index is 13.1. The fourth-order valence-electron chi connectivity index (χ4n) is 3.39. The Labute approximate surface area is 190 Å². The molecule has 0 radical (unpaired) electrons. The van der Waals surface area contributed by atoms with Crippen molar-refractivity contribution in [2.45, 2.75) is 27.7 Å². The molecular weight excluding hydrogens is 452 g/mol. The van der Waals surface area contributed by atoms with Gasteiger partial charge < -0.3 is 5.32 Å². The molecule has 0 saturated carbocycles. The van der Waals surface area contributed by atoms with Crippen LogP contribution in [0.2, 0.25) is 0 Å². The highest BCUT2D eigenvalue weighted by molar-refractivity contribution is 9.10. The van der Waals surface area contributed by atoms with E-state index in [1.165, 1.54) is 0 Å². The summed E-state index contributed by atoms with van der Waals surface area (Å²) in [5.74, 6) is 0.406. The van der Waals surface area contributed by atoms with Crippen molar-refractivity contribution in [2.24, 2.45) is 0 Å². The molecule has 1 heterocycles. The predicted molar refractivity (Wildman–Crippen MR) is 128 cm³/mol. The van der Waals surface area contributed by atoms with Crippen molar-refractivity contribution in [1.82, 2.24) is 14.8 Å². The lowest BCUT2D eigenvalue weighted by molar-refractivity contribution is 0.101. The number of halogens is 1. The van der Waals surface area contributed by atoms with Crippen LogP contribution in [0.3, 0.4) is 0 Å². The predicted octanol–water partition coefficient (Wildman–Crippen LogP) is 6.18. The first kappa shape index (κ1) is 21.0. The van der Waals surface area contributed by atoms with E-state index in [9.17, 15) is 4.79 Å². The largest absolute Gasteiger partial charge is 0.319 e. The summed E-state index contributed by atoms with van der Waals surface area (Å²) < 4.78 is 2.73. The average molecular weight is 475 g/mol. The van der Waals surface area contributed by atoms with Crippen LogP contribution in [-0.4, -0.2) is 20.7 Å². The molecule has 0 fully saturated rings.